The van der Waals surface area contributed by atoms with E-state index in [0.717, 1.165) is 5.56 Å². The highest BCUT2D eigenvalue weighted by atomic mass is 16.5. The van der Waals surface area contributed by atoms with Gasteiger partial charge in [0.05, 0.1) is 12.7 Å². The molecule has 2 rings (SSSR count). The van der Waals surface area contributed by atoms with Crippen molar-refractivity contribution >= 4 is 5.97 Å². The van der Waals surface area contributed by atoms with Gasteiger partial charge in [0.1, 0.15) is 0 Å². The number of hydrogen-bond acceptors (Lipinski definition) is 5. The molecule has 0 saturated heterocycles. The molecular weight excluding hydrogens is 220 g/mol. The van der Waals surface area contributed by atoms with Crippen molar-refractivity contribution in [3.05, 3.63) is 35.7 Å². The molecule has 0 amide bonds. The van der Waals surface area contributed by atoms with Gasteiger partial charge in [-0.25, -0.2) is 4.79 Å². The summed E-state index contributed by atoms with van der Waals surface area (Å²) in [6, 6.07) is 6.86. The first-order valence-electron chi connectivity index (χ1n) is 5.26. The molecule has 0 radical (unpaired) electrons. The van der Waals surface area contributed by atoms with E-state index < -0.39 is 0 Å². The molecular formula is C12H12N2O3. The van der Waals surface area contributed by atoms with Gasteiger partial charge in [-0.05, 0) is 12.1 Å². The second-order valence-corrected chi connectivity index (χ2v) is 3.43. The Morgan fingerprint density at radius 3 is 2.59 bits per heavy atom. The minimum Gasteiger partial charge on any atom is -0.465 e. The Kier molecular flexibility index (Phi) is 3.18. The third kappa shape index (κ3) is 2.33. The van der Waals surface area contributed by atoms with E-state index >= 15 is 0 Å². The van der Waals surface area contributed by atoms with Gasteiger partial charge in [-0.1, -0.05) is 24.2 Å². The van der Waals surface area contributed by atoms with E-state index in [0.29, 0.717) is 23.7 Å². The van der Waals surface area contributed by atoms with Crippen LogP contribution in [0.3, 0.4) is 0 Å². The van der Waals surface area contributed by atoms with Crippen molar-refractivity contribution in [1.29, 1.82) is 0 Å². The van der Waals surface area contributed by atoms with Gasteiger partial charge in [0.2, 0.25) is 11.7 Å². The summed E-state index contributed by atoms with van der Waals surface area (Å²) in [6.07, 6.45) is 0.702. The van der Waals surface area contributed by atoms with Crippen molar-refractivity contribution in [2.45, 2.75) is 13.3 Å². The van der Waals surface area contributed by atoms with Gasteiger partial charge in [-0.15, -0.1) is 0 Å². The van der Waals surface area contributed by atoms with Crippen LogP contribution in [0.4, 0.5) is 0 Å². The standard InChI is InChI=1S/C12H12N2O3/c1-3-10-13-11(14-17-10)8-4-6-9(7-5-8)12(15)16-2/h4-7H,3H2,1-2H3. The zero-order valence-electron chi connectivity index (χ0n) is 9.64. The molecule has 5 nitrogen and oxygen atoms in total. The van der Waals surface area contributed by atoms with Crippen LogP contribution in [0.25, 0.3) is 11.4 Å². The molecule has 0 atom stereocenters. The number of carbonyl (C=O) groups is 1. The molecule has 0 fully saturated rings. The summed E-state index contributed by atoms with van der Waals surface area (Å²) in [5.74, 6) is 0.759. The van der Waals surface area contributed by atoms with Crippen LogP contribution in [0.2, 0.25) is 0 Å². The van der Waals surface area contributed by atoms with Gasteiger partial charge in [0.15, 0.2) is 0 Å². The minimum atomic E-state index is -0.362. The maximum absolute atomic E-state index is 11.2. The molecule has 0 N–H and O–H groups in total. The van der Waals surface area contributed by atoms with E-state index in [2.05, 4.69) is 14.9 Å². The predicted octanol–water partition coefficient (Wildman–Crippen LogP) is 2.09. The molecule has 0 bridgehead atoms. The van der Waals surface area contributed by atoms with E-state index in [4.69, 9.17) is 4.52 Å². The van der Waals surface area contributed by atoms with Gasteiger partial charge in [-0.2, -0.15) is 4.98 Å². The largest absolute Gasteiger partial charge is 0.465 e. The summed E-state index contributed by atoms with van der Waals surface area (Å²) < 4.78 is 9.63. The van der Waals surface area contributed by atoms with Crippen molar-refractivity contribution in [3.63, 3.8) is 0 Å². The van der Waals surface area contributed by atoms with Crippen molar-refractivity contribution < 1.29 is 14.1 Å². The predicted molar refractivity (Wildman–Crippen MR) is 60.5 cm³/mol. The smallest absolute Gasteiger partial charge is 0.337 e. The minimum absolute atomic E-state index is 0.362. The second kappa shape index (κ2) is 4.78. The number of rotatable bonds is 3. The lowest BCUT2D eigenvalue weighted by atomic mass is 10.1. The van der Waals surface area contributed by atoms with Crippen molar-refractivity contribution in [1.82, 2.24) is 10.1 Å². The molecule has 1 heterocycles. The molecule has 0 spiro atoms. The van der Waals surface area contributed by atoms with E-state index in [1.54, 1.807) is 24.3 Å². The fourth-order valence-corrected chi connectivity index (χ4v) is 1.39. The third-order valence-electron chi connectivity index (χ3n) is 2.33. The highest BCUT2D eigenvalue weighted by Crippen LogP contribution is 2.17. The highest BCUT2D eigenvalue weighted by molar-refractivity contribution is 5.89. The first-order valence-corrected chi connectivity index (χ1v) is 5.26. The molecule has 1 aromatic carbocycles. The number of aromatic nitrogens is 2. The van der Waals surface area contributed by atoms with E-state index in [9.17, 15) is 4.79 Å². The van der Waals surface area contributed by atoms with Crippen LogP contribution in [-0.4, -0.2) is 23.2 Å². The van der Waals surface area contributed by atoms with Crippen molar-refractivity contribution in [2.75, 3.05) is 7.11 Å². The first kappa shape index (κ1) is 11.3. The molecule has 5 heteroatoms. The summed E-state index contributed by atoms with van der Waals surface area (Å²) in [4.78, 5) is 15.4. The van der Waals surface area contributed by atoms with Gasteiger partial charge in [0, 0.05) is 12.0 Å². The zero-order valence-corrected chi connectivity index (χ0v) is 9.64. The zero-order chi connectivity index (χ0) is 12.3. The summed E-state index contributed by atoms with van der Waals surface area (Å²) in [5, 5.41) is 3.85. The fourth-order valence-electron chi connectivity index (χ4n) is 1.39. The topological polar surface area (TPSA) is 65.2 Å². The summed E-state index contributed by atoms with van der Waals surface area (Å²) in [7, 11) is 1.35. The quantitative estimate of drug-likeness (QED) is 0.758. The van der Waals surface area contributed by atoms with Crippen molar-refractivity contribution in [3.8, 4) is 11.4 Å². The van der Waals surface area contributed by atoms with Gasteiger partial charge in [-0.3, -0.25) is 0 Å². The van der Waals surface area contributed by atoms with Crippen LogP contribution in [0, 0.1) is 0 Å². The SMILES string of the molecule is CCc1nc(-c2ccc(C(=O)OC)cc2)no1. The Bertz CT molecular complexity index is 517. The lowest BCUT2D eigenvalue weighted by Crippen LogP contribution is -2.00. The summed E-state index contributed by atoms with van der Waals surface area (Å²) >= 11 is 0. The van der Waals surface area contributed by atoms with Crippen LogP contribution in [-0.2, 0) is 11.2 Å². The average molecular weight is 232 g/mol. The van der Waals surface area contributed by atoms with Crippen LogP contribution in [0.5, 0.6) is 0 Å². The summed E-state index contributed by atoms with van der Waals surface area (Å²) in [5.41, 5.74) is 1.30. The fraction of sp³-hybridized carbons (Fsp3) is 0.250. The Labute approximate surface area is 98.4 Å². The molecule has 17 heavy (non-hydrogen) atoms. The average Bonchev–Trinajstić information content (AvgIpc) is 2.87. The van der Waals surface area contributed by atoms with E-state index in [1.165, 1.54) is 7.11 Å². The summed E-state index contributed by atoms with van der Waals surface area (Å²) in [6.45, 7) is 1.94. The lowest BCUT2D eigenvalue weighted by molar-refractivity contribution is 0.0601. The molecule has 0 saturated carbocycles. The Morgan fingerprint density at radius 1 is 1.35 bits per heavy atom. The molecule has 1 aromatic heterocycles. The number of hydrogen-bond donors (Lipinski definition) is 0. The Morgan fingerprint density at radius 2 is 2.06 bits per heavy atom. The van der Waals surface area contributed by atoms with Gasteiger partial charge in [0.25, 0.3) is 0 Å². The maximum Gasteiger partial charge on any atom is 0.337 e. The molecule has 88 valence electrons. The van der Waals surface area contributed by atoms with E-state index in [1.807, 2.05) is 6.92 Å². The van der Waals surface area contributed by atoms with Gasteiger partial charge < -0.3 is 9.26 Å². The number of aryl methyl sites for hydroxylation is 1. The highest BCUT2D eigenvalue weighted by Gasteiger charge is 2.09. The number of ether oxygens (including phenoxy) is 1. The molecule has 0 aliphatic heterocycles. The molecule has 2 aromatic rings. The number of nitrogens with zero attached hydrogens (tertiary/aromatic N) is 2. The molecule has 0 aliphatic carbocycles. The lowest BCUT2D eigenvalue weighted by Gasteiger charge is -1.99. The van der Waals surface area contributed by atoms with Crippen molar-refractivity contribution in [2.24, 2.45) is 0 Å². The van der Waals surface area contributed by atoms with E-state index in [-0.39, 0.29) is 5.97 Å². The number of esters is 1. The normalized spacial score (nSPS) is 10.2. The van der Waals surface area contributed by atoms with Crippen LogP contribution < -0.4 is 0 Å². The Hall–Kier alpha value is -2.17. The molecule has 0 unspecified atom stereocenters. The Balaban J connectivity index is 2.25. The molecule has 0 aliphatic rings. The number of carbonyl (C=O) groups excluding carboxylic acids is 1. The number of benzene rings is 1. The monoisotopic (exact) mass is 232 g/mol. The number of methoxy groups -OCH3 is 1. The maximum atomic E-state index is 11.2. The van der Waals surface area contributed by atoms with Crippen LogP contribution >= 0.6 is 0 Å². The van der Waals surface area contributed by atoms with Crippen LogP contribution in [0.1, 0.15) is 23.2 Å². The van der Waals surface area contributed by atoms with Crippen LogP contribution in [0.15, 0.2) is 28.8 Å². The van der Waals surface area contributed by atoms with Gasteiger partial charge >= 0.3 is 5.97 Å². The third-order valence-corrected chi connectivity index (χ3v) is 2.33. The first-order chi connectivity index (χ1) is 8.24. The second-order valence-electron chi connectivity index (χ2n) is 3.43.